The minimum Gasteiger partial charge on any atom is -0.368 e. The van der Waals surface area contributed by atoms with Crippen molar-refractivity contribution >= 4 is 17.3 Å². The zero-order chi connectivity index (χ0) is 12.4. The van der Waals surface area contributed by atoms with E-state index in [4.69, 9.17) is 11.6 Å². The van der Waals surface area contributed by atoms with Gasteiger partial charge >= 0.3 is 0 Å². The van der Waals surface area contributed by atoms with Gasteiger partial charge in [0, 0.05) is 24.2 Å². The van der Waals surface area contributed by atoms with Gasteiger partial charge in [-0.2, -0.15) is 0 Å². The van der Waals surface area contributed by atoms with Crippen LogP contribution in [0.3, 0.4) is 0 Å². The van der Waals surface area contributed by atoms with E-state index in [1.54, 1.807) is 0 Å². The average Bonchev–Trinajstić information content (AvgIpc) is 2.32. The van der Waals surface area contributed by atoms with Crippen LogP contribution in [0.4, 0.5) is 5.69 Å². The molecule has 17 heavy (non-hydrogen) atoms. The summed E-state index contributed by atoms with van der Waals surface area (Å²) in [7, 11) is 0. The van der Waals surface area contributed by atoms with Crippen molar-refractivity contribution in [1.82, 2.24) is 0 Å². The molecule has 94 valence electrons. The molecule has 1 fully saturated rings. The smallest absolute Gasteiger partial charge is 0.0474 e. The molecule has 1 aliphatic rings. The molecule has 2 heteroatoms. The number of rotatable bonds is 2. The molecular weight excluding hydrogens is 230 g/mol. The fraction of sp³-hybridized carbons (Fsp3) is 0.600. The maximum Gasteiger partial charge on any atom is 0.0474 e. The Bertz CT molecular complexity index is 389. The summed E-state index contributed by atoms with van der Waals surface area (Å²) in [6.45, 7) is 8.06. The topological polar surface area (TPSA) is 3.24 Å². The SMILES string of the molecule is Cc1cc(CCl)ccc1N1CC(C)CCC1C. The van der Waals surface area contributed by atoms with Crippen molar-refractivity contribution in [2.24, 2.45) is 5.92 Å². The second kappa shape index (κ2) is 5.30. The van der Waals surface area contributed by atoms with Crippen LogP contribution in [0.5, 0.6) is 0 Å². The van der Waals surface area contributed by atoms with Gasteiger partial charge in [-0.15, -0.1) is 11.6 Å². The third-order valence-electron chi connectivity index (χ3n) is 3.84. The van der Waals surface area contributed by atoms with Gasteiger partial charge in [-0.25, -0.2) is 0 Å². The first-order valence-corrected chi connectivity index (χ1v) is 7.07. The maximum absolute atomic E-state index is 5.88. The van der Waals surface area contributed by atoms with Crippen molar-refractivity contribution in [3.63, 3.8) is 0 Å². The molecule has 2 rings (SSSR count). The van der Waals surface area contributed by atoms with E-state index in [1.165, 1.54) is 36.2 Å². The van der Waals surface area contributed by atoms with Crippen LogP contribution in [0.2, 0.25) is 0 Å². The summed E-state index contributed by atoms with van der Waals surface area (Å²) in [6, 6.07) is 7.27. The van der Waals surface area contributed by atoms with Crippen LogP contribution in [-0.4, -0.2) is 12.6 Å². The molecule has 2 atom stereocenters. The first kappa shape index (κ1) is 12.8. The number of nitrogens with zero attached hydrogens (tertiary/aromatic N) is 1. The molecule has 1 heterocycles. The molecule has 1 saturated heterocycles. The van der Waals surface area contributed by atoms with Crippen molar-refractivity contribution < 1.29 is 0 Å². The average molecular weight is 252 g/mol. The lowest BCUT2D eigenvalue weighted by atomic mass is 9.93. The van der Waals surface area contributed by atoms with Crippen LogP contribution in [0.15, 0.2) is 18.2 Å². The largest absolute Gasteiger partial charge is 0.368 e. The summed E-state index contributed by atoms with van der Waals surface area (Å²) < 4.78 is 0. The van der Waals surface area contributed by atoms with Gasteiger partial charge in [0.05, 0.1) is 0 Å². The molecule has 0 aromatic heterocycles. The van der Waals surface area contributed by atoms with Crippen LogP contribution >= 0.6 is 11.6 Å². The summed E-state index contributed by atoms with van der Waals surface area (Å²) in [6.07, 6.45) is 2.66. The molecule has 2 unspecified atom stereocenters. The van der Waals surface area contributed by atoms with Crippen molar-refractivity contribution in [3.05, 3.63) is 29.3 Å². The van der Waals surface area contributed by atoms with E-state index in [0.29, 0.717) is 11.9 Å². The normalized spacial score (nSPS) is 25.1. The number of piperidine rings is 1. The second-order valence-corrected chi connectivity index (χ2v) is 5.71. The van der Waals surface area contributed by atoms with Gasteiger partial charge in [-0.1, -0.05) is 19.1 Å². The zero-order valence-electron chi connectivity index (χ0n) is 11.0. The number of aryl methyl sites for hydroxylation is 1. The fourth-order valence-electron chi connectivity index (χ4n) is 2.75. The third-order valence-corrected chi connectivity index (χ3v) is 4.15. The molecule has 1 aromatic carbocycles. The molecule has 1 aliphatic heterocycles. The molecule has 1 nitrogen and oxygen atoms in total. The molecular formula is C15H22ClN. The highest BCUT2D eigenvalue weighted by Gasteiger charge is 2.23. The highest BCUT2D eigenvalue weighted by molar-refractivity contribution is 6.17. The van der Waals surface area contributed by atoms with E-state index in [9.17, 15) is 0 Å². The molecule has 0 bridgehead atoms. The van der Waals surface area contributed by atoms with E-state index in [2.05, 4.69) is 43.9 Å². The highest BCUT2D eigenvalue weighted by atomic mass is 35.5. The van der Waals surface area contributed by atoms with Crippen LogP contribution < -0.4 is 4.90 Å². The molecule has 0 radical (unpaired) electrons. The molecule has 0 N–H and O–H groups in total. The van der Waals surface area contributed by atoms with Gasteiger partial charge in [0.1, 0.15) is 0 Å². The van der Waals surface area contributed by atoms with Gasteiger partial charge in [-0.05, 0) is 49.8 Å². The molecule has 1 aromatic rings. The van der Waals surface area contributed by atoms with Crippen LogP contribution in [0.25, 0.3) is 0 Å². The van der Waals surface area contributed by atoms with E-state index < -0.39 is 0 Å². The quantitative estimate of drug-likeness (QED) is 0.706. The van der Waals surface area contributed by atoms with Crippen LogP contribution in [0.1, 0.15) is 37.8 Å². The Morgan fingerprint density at radius 1 is 1.29 bits per heavy atom. The Labute approximate surface area is 110 Å². The second-order valence-electron chi connectivity index (χ2n) is 5.44. The van der Waals surface area contributed by atoms with Gasteiger partial charge in [0.15, 0.2) is 0 Å². The van der Waals surface area contributed by atoms with Gasteiger partial charge in [0.25, 0.3) is 0 Å². The van der Waals surface area contributed by atoms with Crippen molar-refractivity contribution in [2.45, 2.75) is 45.5 Å². The number of anilines is 1. The lowest BCUT2D eigenvalue weighted by molar-refractivity contribution is 0.390. The first-order valence-electron chi connectivity index (χ1n) is 6.54. The van der Waals surface area contributed by atoms with E-state index in [1.807, 2.05) is 0 Å². The predicted octanol–water partition coefficient (Wildman–Crippen LogP) is 4.36. The number of alkyl halides is 1. The molecule has 0 saturated carbocycles. The maximum atomic E-state index is 5.88. The number of hydrogen-bond donors (Lipinski definition) is 0. The number of halogens is 1. The number of benzene rings is 1. The minimum absolute atomic E-state index is 0.604. The van der Waals surface area contributed by atoms with Crippen LogP contribution in [0, 0.1) is 12.8 Å². The highest BCUT2D eigenvalue weighted by Crippen LogP contribution is 2.30. The predicted molar refractivity (Wildman–Crippen MR) is 75.9 cm³/mol. The van der Waals surface area contributed by atoms with E-state index >= 15 is 0 Å². The summed E-state index contributed by atoms with van der Waals surface area (Å²) >= 11 is 5.88. The van der Waals surface area contributed by atoms with Crippen molar-refractivity contribution in [1.29, 1.82) is 0 Å². The summed E-state index contributed by atoms with van der Waals surface area (Å²) in [5.41, 5.74) is 3.95. The monoisotopic (exact) mass is 251 g/mol. The Kier molecular flexibility index (Phi) is 3.98. The summed E-state index contributed by atoms with van der Waals surface area (Å²) in [4.78, 5) is 2.56. The van der Waals surface area contributed by atoms with Gasteiger partial charge < -0.3 is 4.90 Å². The molecule has 0 amide bonds. The van der Waals surface area contributed by atoms with Crippen molar-refractivity contribution in [2.75, 3.05) is 11.4 Å². The van der Waals surface area contributed by atoms with Crippen LogP contribution in [-0.2, 0) is 5.88 Å². The fourth-order valence-corrected chi connectivity index (χ4v) is 2.91. The van der Waals surface area contributed by atoms with E-state index in [0.717, 1.165) is 5.92 Å². The summed E-state index contributed by atoms with van der Waals surface area (Å²) in [5, 5.41) is 0. The number of hydrogen-bond acceptors (Lipinski definition) is 1. The van der Waals surface area contributed by atoms with Gasteiger partial charge in [0.2, 0.25) is 0 Å². The minimum atomic E-state index is 0.604. The first-order chi connectivity index (χ1) is 8.11. The zero-order valence-corrected chi connectivity index (χ0v) is 11.8. The lowest BCUT2D eigenvalue weighted by Gasteiger charge is -2.39. The Morgan fingerprint density at radius 2 is 2.06 bits per heavy atom. The Hall–Kier alpha value is -0.690. The molecule has 0 spiro atoms. The Balaban J connectivity index is 2.26. The Morgan fingerprint density at radius 3 is 2.71 bits per heavy atom. The van der Waals surface area contributed by atoms with Gasteiger partial charge in [-0.3, -0.25) is 0 Å². The van der Waals surface area contributed by atoms with E-state index in [-0.39, 0.29) is 0 Å². The third kappa shape index (κ3) is 2.77. The lowest BCUT2D eigenvalue weighted by Crippen LogP contribution is -2.41. The standard InChI is InChI=1S/C15H22ClN/c1-11-4-5-13(3)17(10-11)15-7-6-14(9-16)8-12(15)2/h6-8,11,13H,4-5,9-10H2,1-3H3. The van der Waals surface area contributed by atoms with Crippen molar-refractivity contribution in [3.8, 4) is 0 Å². The molecule has 0 aliphatic carbocycles. The summed E-state index contributed by atoms with van der Waals surface area (Å²) in [5.74, 6) is 1.41.